The van der Waals surface area contributed by atoms with Crippen LogP contribution in [0.4, 0.5) is 0 Å². The molecular weight excluding hydrogens is 280 g/mol. The first-order valence-electron chi connectivity index (χ1n) is 8.47. The summed E-state index contributed by atoms with van der Waals surface area (Å²) in [5.74, 6) is -0.371. The Morgan fingerprint density at radius 2 is 1.55 bits per heavy atom. The summed E-state index contributed by atoms with van der Waals surface area (Å²) >= 11 is 0. The number of ether oxygens (including phenoxy) is 1. The molecular formula is C18H32O4. The standard InChI is InChI=1S/C18H32O4/c1-2-3-4-5-6-7-8-9-10-11-12-13-14-18(21)22-17(15-19)16-20/h8-11,17,19-20H,2-7,12-16H2,1H3/b9-8+,11-10+. The third-order valence-corrected chi connectivity index (χ3v) is 3.31. The van der Waals surface area contributed by atoms with Crippen LogP contribution in [-0.4, -0.2) is 35.5 Å². The summed E-state index contributed by atoms with van der Waals surface area (Å²) in [6.07, 6.45) is 17.0. The lowest BCUT2D eigenvalue weighted by Crippen LogP contribution is -2.25. The molecule has 0 fully saturated rings. The van der Waals surface area contributed by atoms with E-state index in [-0.39, 0.29) is 19.2 Å². The Morgan fingerprint density at radius 1 is 0.955 bits per heavy atom. The molecule has 0 bridgehead atoms. The zero-order valence-electron chi connectivity index (χ0n) is 13.9. The number of aliphatic hydroxyl groups excluding tert-OH is 2. The molecule has 0 saturated carbocycles. The first kappa shape index (κ1) is 20.9. The molecule has 4 heteroatoms. The minimum Gasteiger partial charge on any atom is -0.457 e. The van der Waals surface area contributed by atoms with Gasteiger partial charge in [0.05, 0.1) is 13.2 Å². The summed E-state index contributed by atoms with van der Waals surface area (Å²) in [5, 5.41) is 17.6. The van der Waals surface area contributed by atoms with E-state index < -0.39 is 6.10 Å². The number of hydrogen-bond acceptors (Lipinski definition) is 4. The highest BCUT2D eigenvalue weighted by Gasteiger charge is 2.11. The molecule has 0 aromatic carbocycles. The van der Waals surface area contributed by atoms with Gasteiger partial charge in [0, 0.05) is 6.42 Å². The van der Waals surface area contributed by atoms with Crippen LogP contribution in [0.1, 0.15) is 64.7 Å². The van der Waals surface area contributed by atoms with Crippen molar-refractivity contribution in [2.24, 2.45) is 0 Å². The molecule has 0 aliphatic heterocycles. The average molecular weight is 312 g/mol. The molecule has 0 heterocycles. The molecule has 0 aromatic rings. The van der Waals surface area contributed by atoms with Crippen molar-refractivity contribution in [3.05, 3.63) is 24.3 Å². The Balaban J connectivity index is 3.48. The van der Waals surface area contributed by atoms with E-state index in [1.807, 2.05) is 12.2 Å². The molecule has 2 N–H and O–H groups in total. The van der Waals surface area contributed by atoms with Crippen LogP contribution in [-0.2, 0) is 9.53 Å². The molecule has 0 aliphatic carbocycles. The second-order valence-electron chi connectivity index (χ2n) is 5.43. The van der Waals surface area contributed by atoms with Gasteiger partial charge in [0.1, 0.15) is 6.10 Å². The average Bonchev–Trinajstić information content (AvgIpc) is 2.53. The summed E-state index contributed by atoms with van der Waals surface area (Å²) in [4.78, 5) is 11.4. The maximum Gasteiger partial charge on any atom is 0.306 e. The van der Waals surface area contributed by atoms with Crippen molar-refractivity contribution in [1.29, 1.82) is 0 Å². The minimum absolute atomic E-state index is 0.308. The van der Waals surface area contributed by atoms with Gasteiger partial charge >= 0.3 is 5.97 Å². The number of carbonyl (C=O) groups excluding carboxylic acids is 1. The van der Waals surface area contributed by atoms with Gasteiger partial charge in [0.25, 0.3) is 0 Å². The lowest BCUT2D eigenvalue weighted by Gasteiger charge is -2.11. The molecule has 4 nitrogen and oxygen atoms in total. The van der Waals surface area contributed by atoms with Crippen LogP contribution in [0.15, 0.2) is 24.3 Å². The van der Waals surface area contributed by atoms with Gasteiger partial charge in [-0.3, -0.25) is 4.79 Å². The fourth-order valence-electron chi connectivity index (χ4n) is 1.96. The predicted octanol–water partition coefficient (Wildman–Crippen LogP) is 3.53. The smallest absolute Gasteiger partial charge is 0.306 e. The summed E-state index contributed by atoms with van der Waals surface area (Å²) in [7, 11) is 0. The predicted molar refractivity (Wildman–Crippen MR) is 89.6 cm³/mol. The van der Waals surface area contributed by atoms with Gasteiger partial charge in [0.15, 0.2) is 0 Å². The van der Waals surface area contributed by atoms with Crippen LogP contribution in [0.2, 0.25) is 0 Å². The first-order chi connectivity index (χ1) is 10.7. The minimum atomic E-state index is -0.789. The number of carbonyl (C=O) groups is 1. The van der Waals surface area contributed by atoms with Crippen LogP contribution in [0.25, 0.3) is 0 Å². The van der Waals surface area contributed by atoms with Crippen molar-refractivity contribution in [2.45, 2.75) is 70.8 Å². The van der Waals surface area contributed by atoms with E-state index in [0.717, 1.165) is 12.8 Å². The fourth-order valence-corrected chi connectivity index (χ4v) is 1.96. The van der Waals surface area contributed by atoms with Crippen molar-refractivity contribution in [3.63, 3.8) is 0 Å². The monoisotopic (exact) mass is 312 g/mol. The fraction of sp³-hybridized carbons (Fsp3) is 0.722. The molecule has 0 spiro atoms. The number of aliphatic hydroxyl groups is 2. The lowest BCUT2D eigenvalue weighted by molar-refractivity contribution is -0.153. The molecule has 0 amide bonds. The topological polar surface area (TPSA) is 66.8 Å². The Labute approximate surface area is 134 Å². The zero-order chi connectivity index (χ0) is 16.5. The molecule has 128 valence electrons. The largest absolute Gasteiger partial charge is 0.457 e. The maximum atomic E-state index is 11.4. The van der Waals surface area contributed by atoms with Gasteiger partial charge in [-0.2, -0.15) is 0 Å². The van der Waals surface area contributed by atoms with Gasteiger partial charge in [-0.25, -0.2) is 0 Å². The summed E-state index contributed by atoms with van der Waals surface area (Å²) in [6, 6.07) is 0. The molecule has 0 aliphatic rings. The molecule has 0 aromatic heterocycles. The normalized spacial score (nSPS) is 11.8. The Kier molecular flexibility index (Phi) is 15.4. The van der Waals surface area contributed by atoms with Crippen LogP contribution in [0.3, 0.4) is 0 Å². The van der Waals surface area contributed by atoms with Gasteiger partial charge in [-0.15, -0.1) is 0 Å². The summed E-state index contributed by atoms with van der Waals surface area (Å²) in [5.41, 5.74) is 0. The number of unbranched alkanes of at least 4 members (excludes halogenated alkanes) is 6. The number of esters is 1. The third-order valence-electron chi connectivity index (χ3n) is 3.31. The Bertz CT molecular complexity index is 306. The van der Waals surface area contributed by atoms with E-state index in [4.69, 9.17) is 14.9 Å². The number of rotatable bonds is 14. The van der Waals surface area contributed by atoms with Gasteiger partial charge in [-0.05, 0) is 25.7 Å². The molecule has 0 saturated heterocycles. The maximum absolute atomic E-state index is 11.4. The van der Waals surface area contributed by atoms with Crippen LogP contribution in [0, 0.1) is 0 Å². The third kappa shape index (κ3) is 13.8. The van der Waals surface area contributed by atoms with E-state index in [2.05, 4.69) is 19.1 Å². The molecule has 22 heavy (non-hydrogen) atoms. The lowest BCUT2D eigenvalue weighted by atomic mass is 10.1. The van der Waals surface area contributed by atoms with E-state index >= 15 is 0 Å². The SMILES string of the molecule is CCCCCCC/C=C/C=C/CCCC(=O)OC(CO)CO. The van der Waals surface area contributed by atoms with Gasteiger partial charge in [-0.1, -0.05) is 56.9 Å². The van der Waals surface area contributed by atoms with Crippen molar-refractivity contribution < 1.29 is 19.7 Å². The van der Waals surface area contributed by atoms with Crippen LogP contribution >= 0.6 is 0 Å². The first-order valence-corrected chi connectivity index (χ1v) is 8.47. The molecule has 0 rings (SSSR count). The van der Waals surface area contributed by atoms with Crippen molar-refractivity contribution in [1.82, 2.24) is 0 Å². The second-order valence-corrected chi connectivity index (χ2v) is 5.43. The van der Waals surface area contributed by atoms with E-state index in [9.17, 15) is 4.79 Å². The van der Waals surface area contributed by atoms with Crippen molar-refractivity contribution in [2.75, 3.05) is 13.2 Å². The van der Waals surface area contributed by atoms with E-state index in [1.54, 1.807) is 0 Å². The Hall–Kier alpha value is -1.13. The second kappa shape index (κ2) is 16.2. The quantitative estimate of drug-likeness (QED) is 0.292. The highest BCUT2D eigenvalue weighted by atomic mass is 16.6. The van der Waals surface area contributed by atoms with E-state index in [0.29, 0.717) is 12.8 Å². The van der Waals surface area contributed by atoms with Crippen LogP contribution < -0.4 is 0 Å². The number of hydrogen-bond donors (Lipinski definition) is 2. The molecule has 0 radical (unpaired) electrons. The Morgan fingerprint density at radius 3 is 2.14 bits per heavy atom. The molecule has 0 atom stereocenters. The van der Waals surface area contributed by atoms with Gasteiger partial charge in [0.2, 0.25) is 0 Å². The summed E-state index contributed by atoms with van der Waals surface area (Å²) < 4.78 is 4.87. The highest BCUT2D eigenvalue weighted by molar-refractivity contribution is 5.69. The number of allylic oxidation sites excluding steroid dienone is 4. The highest BCUT2D eigenvalue weighted by Crippen LogP contribution is 2.05. The zero-order valence-corrected chi connectivity index (χ0v) is 13.9. The van der Waals surface area contributed by atoms with Crippen molar-refractivity contribution >= 4 is 5.97 Å². The van der Waals surface area contributed by atoms with Crippen LogP contribution in [0.5, 0.6) is 0 Å². The van der Waals surface area contributed by atoms with E-state index in [1.165, 1.54) is 32.1 Å². The van der Waals surface area contributed by atoms with Gasteiger partial charge < -0.3 is 14.9 Å². The summed E-state index contributed by atoms with van der Waals surface area (Å²) in [6.45, 7) is 1.54. The molecule has 0 unspecified atom stereocenters. The van der Waals surface area contributed by atoms with Crippen molar-refractivity contribution in [3.8, 4) is 0 Å².